The van der Waals surface area contributed by atoms with Crippen molar-refractivity contribution in [1.29, 1.82) is 0 Å². The van der Waals surface area contributed by atoms with E-state index in [1.807, 2.05) is 29.2 Å². The maximum Gasteiger partial charge on any atom is 0.252 e. The molecule has 4 rings (SSSR count). The molecule has 0 bridgehead atoms. The Balaban J connectivity index is 1.31. The standard InChI is InChI=1S/C20H22N2O3/c23-20(19-13-15-3-1-2-4-16(15)14-24-19)22-11-7-18(8-12-22)25-17-5-9-21-10-6-17/h1-6,9-10,18-19H,7-8,11-14H2. The summed E-state index contributed by atoms with van der Waals surface area (Å²) in [5, 5.41) is 0. The fourth-order valence-corrected chi connectivity index (χ4v) is 3.51. The van der Waals surface area contributed by atoms with E-state index in [2.05, 4.69) is 17.1 Å². The molecule has 0 aliphatic carbocycles. The first kappa shape index (κ1) is 16.1. The van der Waals surface area contributed by atoms with Crippen molar-refractivity contribution in [1.82, 2.24) is 9.88 Å². The van der Waals surface area contributed by atoms with Gasteiger partial charge in [-0.2, -0.15) is 0 Å². The highest BCUT2D eigenvalue weighted by atomic mass is 16.5. The molecule has 0 saturated carbocycles. The molecule has 2 aromatic rings. The number of nitrogens with zero attached hydrogens (tertiary/aromatic N) is 2. The Morgan fingerprint density at radius 3 is 2.56 bits per heavy atom. The third-order valence-electron chi connectivity index (χ3n) is 4.95. The Bertz CT molecular complexity index is 727. The van der Waals surface area contributed by atoms with Gasteiger partial charge in [0.15, 0.2) is 0 Å². The topological polar surface area (TPSA) is 51.7 Å². The smallest absolute Gasteiger partial charge is 0.252 e. The van der Waals surface area contributed by atoms with E-state index in [1.165, 1.54) is 11.1 Å². The van der Waals surface area contributed by atoms with Gasteiger partial charge in [-0.1, -0.05) is 24.3 Å². The average molecular weight is 338 g/mol. The van der Waals surface area contributed by atoms with Crippen molar-refractivity contribution in [2.45, 2.75) is 38.1 Å². The first-order valence-electron chi connectivity index (χ1n) is 8.83. The molecule has 1 aromatic heterocycles. The van der Waals surface area contributed by atoms with Crippen LogP contribution >= 0.6 is 0 Å². The van der Waals surface area contributed by atoms with Crippen LogP contribution in [0.5, 0.6) is 5.75 Å². The zero-order valence-corrected chi connectivity index (χ0v) is 14.1. The molecule has 1 amide bonds. The summed E-state index contributed by atoms with van der Waals surface area (Å²) in [4.78, 5) is 18.7. The molecule has 5 heteroatoms. The van der Waals surface area contributed by atoms with E-state index >= 15 is 0 Å². The van der Waals surface area contributed by atoms with Crippen LogP contribution in [0.1, 0.15) is 24.0 Å². The minimum atomic E-state index is -0.354. The summed E-state index contributed by atoms with van der Waals surface area (Å²) >= 11 is 0. The average Bonchev–Trinajstić information content (AvgIpc) is 2.68. The fourth-order valence-electron chi connectivity index (χ4n) is 3.51. The predicted molar refractivity (Wildman–Crippen MR) is 93.2 cm³/mol. The molecule has 3 heterocycles. The first-order valence-corrected chi connectivity index (χ1v) is 8.83. The molecule has 130 valence electrons. The van der Waals surface area contributed by atoms with Crippen molar-refractivity contribution >= 4 is 5.91 Å². The van der Waals surface area contributed by atoms with Crippen LogP contribution in [0.25, 0.3) is 0 Å². The molecule has 0 spiro atoms. The number of amides is 1. The maximum atomic E-state index is 12.8. The van der Waals surface area contributed by atoms with Gasteiger partial charge in [-0.25, -0.2) is 0 Å². The van der Waals surface area contributed by atoms with Crippen molar-refractivity contribution in [2.24, 2.45) is 0 Å². The summed E-state index contributed by atoms with van der Waals surface area (Å²) in [6.07, 6.45) is 5.61. The van der Waals surface area contributed by atoms with Crippen LogP contribution in [0, 0.1) is 0 Å². The number of rotatable bonds is 3. The van der Waals surface area contributed by atoms with E-state index in [-0.39, 0.29) is 18.1 Å². The van der Waals surface area contributed by atoms with E-state index in [0.29, 0.717) is 13.0 Å². The Hall–Kier alpha value is -2.40. The van der Waals surface area contributed by atoms with Gasteiger partial charge in [-0.15, -0.1) is 0 Å². The minimum Gasteiger partial charge on any atom is -0.490 e. The molecular formula is C20H22N2O3. The monoisotopic (exact) mass is 338 g/mol. The van der Waals surface area contributed by atoms with Gasteiger partial charge < -0.3 is 14.4 Å². The summed E-state index contributed by atoms with van der Waals surface area (Å²) in [6.45, 7) is 1.96. The zero-order chi connectivity index (χ0) is 17.1. The Morgan fingerprint density at radius 1 is 1.08 bits per heavy atom. The van der Waals surface area contributed by atoms with Crippen molar-refractivity contribution in [3.05, 3.63) is 59.9 Å². The molecule has 1 aromatic carbocycles. The second kappa shape index (κ2) is 7.23. The molecule has 25 heavy (non-hydrogen) atoms. The van der Waals surface area contributed by atoms with Crippen LogP contribution in [0.3, 0.4) is 0 Å². The van der Waals surface area contributed by atoms with Gasteiger partial charge in [-0.05, 0) is 23.3 Å². The highest BCUT2D eigenvalue weighted by Crippen LogP contribution is 2.24. The first-order chi connectivity index (χ1) is 12.3. The summed E-state index contributed by atoms with van der Waals surface area (Å²) < 4.78 is 11.8. The van der Waals surface area contributed by atoms with Crippen LogP contribution in [0.15, 0.2) is 48.8 Å². The Labute approximate surface area is 147 Å². The van der Waals surface area contributed by atoms with Gasteiger partial charge in [0.25, 0.3) is 5.91 Å². The third kappa shape index (κ3) is 3.66. The van der Waals surface area contributed by atoms with Gasteiger partial charge in [0.2, 0.25) is 0 Å². The number of carbonyl (C=O) groups excluding carboxylic acids is 1. The molecule has 1 fully saturated rings. The fraction of sp³-hybridized carbons (Fsp3) is 0.400. The molecular weight excluding hydrogens is 316 g/mol. The van der Waals surface area contributed by atoms with E-state index in [0.717, 1.165) is 31.7 Å². The quantitative estimate of drug-likeness (QED) is 0.863. The van der Waals surface area contributed by atoms with Crippen molar-refractivity contribution in [3.63, 3.8) is 0 Å². The van der Waals surface area contributed by atoms with Crippen molar-refractivity contribution in [2.75, 3.05) is 13.1 Å². The number of pyridine rings is 1. The predicted octanol–water partition coefficient (Wildman–Crippen LogP) is 2.59. The number of hydrogen-bond acceptors (Lipinski definition) is 4. The number of hydrogen-bond donors (Lipinski definition) is 0. The van der Waals surface area contributed by atoms with E-state index in [4.69, 9.17) is 9.47 Å². The molecule has 2 aliphatic heterocycles. The second-order valence-corrected chi connectivity index (χ2v) is 6.60. The van der Waals surface area contributed by atoms with Gasteiger partial charge in [0.1, 0.15) is 18.0 Å². The van der Waals surface area contributed by atoms with Crippen LogP contribution in [-0.4, -0.2) is 41.1 Å². The number of benzene rings is 1. The third-order valence-corrected chi connectivity index (χ3v) is 4.95. The minimum absolute atomic E-state index is 0.108. The van der Waals surface area contributed by atoms with E-state index in [1.54, 1.807) is 12.4 Å². The number of likely N-dealkylation sites (tertiary alicyclic amines) is 1. The van der Waals surface area contributed by atoms with Crippen LogP contribution < -0.4 is 4.74 Å². The molecule has 1 saturated heterocycles. The van der Waals surface area contributed by atoms with Gasteiger partial charge in [0, 0.05) is 44.7 Å². The number of carbonyl (C=O) groups is 1. The normalized spacial score (nSPS) is 20.8. The van der Waals surface area contributed by atoms with Gasteiger partial charge in [-0.3, -0.25) is 9.78 Å². The second-order valence-electron chi connectivity index (χ2n) is 6.60. The lowest BCUT2D eigenvalue weighted by molar-refractivity contribution is -0.147. The lowest BCUT2D eigenvalue weighted by Crippen LogP contribution is -2.48. The van der Waals surface area contributed by atoms with Crippen molar-refractivity contribution < 1.29 is 14.3 Å². The molecule has 1 atom stereocenters. The summed E-state index contributed by atoms with van der Waals surface area (Å²) in [5.41, 5.74) is 2.42. The van der Waals surface area contributed by atoms with E-state index in [9.17, 15) is 4.79 Å². The Morgan fingerprint density at radius 2 is 1.80 bits per heavy atom. The van der Waals surface area contributed by atoms with Crippen LogP contribution in [-0.2, 0) is 22.6 Å². The molecule has 5 nitrogen and oxygen atoms in total. The zero-order valence-electron chi connectivity index (χ0n) is 14.1. The summed E-state index contributed by atoms with van der Waals surface area (Å²) in [7, 11) is 0. The number of ether oxygens (including phenoxy) is 2. The highest BCUT2D eigenvalue weighted by molar-refractivity contribution is 5.81. The van der Waals surface area contributed by atoms with Gasteiger partial charge in [0.05, 0.1) is 6.61 Å². The van der Waals surface area contributed by atoms with Crippen LogP contribution in [0.4, 0.5) is 0 Å². The van der Waals surface area contributed by atoms with Crippen molar-refractivity contribution in [3.8, 4) is 5.75 Å². The highest BCUT2D eigenvalue weighted by Gasteiger charge is 2.31. The number of aromatic nitrogens is 1. The van der Waals surface area contributed by atoms with Crippen LogP contribution in [0.2, 0.25) is 0 Å². The molecule has 2 aliphatic rings. The van der Waals surface area contributed by atoms with E-state index < -0.39 is 0 Å². The lowest BCUT2D eigenvalue weighted by Gasteiger charge is -2.35. The largest absolute Gasteiger partial charge is 0.490 e. The van der Waals surface area contributed by atoms with Gasteiger partial charge >= 0.3 is 0 Å². The summed E-state index contributed by atoms with van der Waals surface area (Å²) in [6, 6.07) is 11.9. The SMILES string of the molecule is O=C(C1Cc2ccccc2CO1)N1CCC(Oc2ccncc2)CC1. The number of piperidine rings is 1. The number of fused-ring (bicyclic) bond motifs is 1. The molecule has 0 radical (unpaired) electrons. The molecule has 1 unspecified atom stereocenters. The Kier molecular flexibility index (Phi) is 4.65. The lowest BCUT2D eigenvalue weighted by atomic mass is 9.98. The maximum absolute atomic E-state index is 12.8. The molecule has 0 N–H and O–H groups in total. The summed E-state index contributed by atoms with van der Waals surface area (Å²) in [5.74, 6) is 0.948.